The van der Waals surface area contributed by atoms with Crippen molar-refractivity contribution < 1.29 is 14.3 Å². The Morgan fingerprint density at radius 3 is 2.91 bits per heavy atom. The van der Waals surface area contributed by atoms with Gasteiger partial charge in [0.15, 0.2) is 0 Å². The number of carbonyl (C=O) groups is 2. The number of hydrogen-bond donors (Lipinski definition) is 2. The molecule has 1 aromatic heterocycles. The van der Waals surface area contributed by atoms with Crippen LogP contribution in [0.3, 0.4) is 0 Å². The van der Waals surface area contributed by atoms with Crippen molar-refractivity contribution in [2.45, 2.75) is 0 Å². The van der Waals surface area contributed by atoms with Gasteiger partial charge in [0.2, 0.25) is 5.91 Å². The SMILES string of the molecule is COCCNC(=O)CNC(=O)c1csc(-c2cccc(Cl)c2)n1. The van der Waals surface area contributed by atoms with Crippen LogP contribution in [0, 0.1) is 0 Å². The monoisotopic (exact) mass is 353 g/mol. The molecule has 0 aliphatic rings. The van der Waals surface area contributed by atoms with E-state index in [9.17, 15) is 9.59 Å². The van der Waals surface area contributed by atoms with Gasteiger partial charge >= 0.3 is 0 Å². The van der Waals surface area contributed by atoms with Gasteiger partial charge in [0, 0.05) is 29.6 Å². The third-order valence-electron chi connectivity index (χ3n) is 2.85. The summed E-state index contributed by atoms with van der Waals surface area (Å²) in [6.07, 6.45) is 0. The van der Waals surface area contributed by atoms with E-state index in [1.165, 1.54) is 11.3 Å². The molecule has 2 amide bonds. The molecule has 0 atom stereocenters. The van der Waals surface area contributed by atoms with E-state index in [0.29, 0.717) is 23.2 Å². The Hall–Kier alpha value is -1.96. The largest absolute Gasteiger partial charge is 0.383 e. The average Bonchev–Trinajstić information content (AvgIpc) is 3.03. The fourth-order valence-electron chi connectivity index (χ4n) is 1.74. The molecule has 0 radical (unpaired) electrons. The standard InChI is InChI=1S/C15H16ClN3O3S/c1-22-6-5-17-13(20)8-18-14(21)12-9-23-15(19-12)10-3-2-4-11(16)7-10/h2-4,7,9H,5-6,8H2,1H3,(H,17,20)(H,18,21). The molecule has 8 heteroatoms. The van der Waals surface area contributed by atoms with Crippen LogP contribution in [0.25, 0.3) is 10.6 Å². The number of carbonyl (C=O) groups excluding carboxylic acids is 2. The lowest BCUT2D eigenvalue weighted by molar-refractivity contribution is -0.120. The van der Waals surface area contributed by atoms with E-state index in [1.807, 2.05) is 12.1 Å². The third-order valence-corrected chi connectivity index (χ3v) is 3.97. The van der Waals surface area contributed by atoms with Crippen molar-refractivity contribution in [2.24, 2.45) is 0 Å². The normalized spacial score (nSPS) is 10.3. The highest BCUT2D eigenvalue weighted by molar-refractivity contribution is 7.13. The van der Waals surface area contributed by atoms with Gasteiger partial charge in [-0.05, 0) is 12.1 Å². The van der Waals surface area contributed by atoms with E-state index in [-0.39, 0.29) is 18.1 Å². The van der Waals surface area contributed by atoms with Gasteiger partial charge in [-0.25, -0.2) is 4.98 Å². The Morgan fingerprint density at radius 1 is 1.35 bits per heavy atom. The van der Waals surface area contributed by atoms with Crippen molar-refractivity contribution in [3.8, 4) is 10.6 Å². The first-order valence-corrected chi connectivity index (χ1v) is 8.11. The Bertz CT molecular complexity index is 690. The zero-order valence-corrected chi connectivity index (χ0v) is 14.0. The Balaban J connectivity index is 1.90. The Kier molecular flexibility index (Phi) is 6.52. The van der Waals surface area contributed by atoms with Crippen molar-refractivity contribution in [3.63, 3.8) is 0 Å². The van der Waals surface area contributed by atoms with Crippen LogP contribution in [0.15, 0.2) is 29.6 Å². The fourth-order valence-corrected chi connectivity index (χ4v) is 2.73. The molecule has 6 nitrogen and oxygen atoms in total. The molecular weight excluding hydrogens is 338 g/mol. The van der Waals surface area contributed by atoms with Crippen LogP contribution in [0.4, 0.5) is 0 Å². The van der Waals surface area contributed by atoms with Crippen molar-refractivity contribution in [1.82, 2.24) is 15.6 Å². The topological polar surface area (TPSA) is 80.3 Å². The number of rotatable bonds is 7. The molecule has 2 rings (SSSR count). The lowest BCUT2D eigenvalue weighted by Crippen LogP contribution is -2.38. The molecule has 2 N–H and O–H groups in total. The van der Waals surface area contributed by atoms with Crippen LogP contribution in [0.5, 0.6) is 0 Å². The molecule has 0 spiro atoms. The second-order valence-electron chi connectivity index (χ2n) is 4.57. The second kappa shape index (κ2) is 8.61. The van der Waals surface area contributed by atoms with E-state index < -0.39 is 5.91 Å². The lowest BCUT2D eigenvalue weighted by Gasteiger charge is -2.05. The molecule has 0 saturated carbocycles. The van der Waals surface area contributed by atoms with Crippen molar-refractivity contribution >= 4 is 34.8 Å². The quantitative estimate of drug-likeness (QED) is 0.746. The number of halogens is 1. The van der Waals surface area contributed by atoms with E-state index in [0.717, 1.165) is 5.56 Å². The summed E-state index contributed by atoms with van der Waals surface area (Å²) in [5.41, 5.74) is 1.12. The van der Waals surface area contributed by atoms with E-state index >= 15 is 0 Å². The van der Waals surface area contributed by atoms with Gasteiger partial charge in [-0.1, -0.05) is 23.7 Å². The zero-order chi connectivity index (χ0) is 16.7. The molecule has 1 heterocycles. The summed E-state index contributed by atoms with van der Waals surface area (Å²) >= 11 is 7.29. The van der Waals surface area contributed by atoms with Gasteiger partial charge in [0.25, 0.3) is 5.91 Å². The highest BCUT2D eigenvalue weighted by Gasteiger charge is 2.13. The molecule has 0 aliphatic carbocycles. The molecule has 0 saturated heterocycles. The molecule has 2 aromatic rings. The van der Waals surface area contributed by atoms with Crippen LogP contribution in [-0.2, 0) is 9.53 Å². The maximum atomic E-state index is 12.0. The summed E-state index contributed by atoms with van der Waals surface area (Å²) < 4.78 is 4.82. The number of methoxy groups -OCH3 is 1. The minimum Gasteiger partial charge on any atom is -0.383 e. The maximum absolute atomic E-state index is 12.0. The minimum atomic E-state index is -0.392. The van der Waals surface area contributed by atoms with E-state index in [2.05, 4.69) is 15.6 Å². The van der Waals surface area contributed by atoms with E-state index in [1.54, 1.807) is 24.6 Å². The van der Waals surface area contributed by atoms with Crippen molar-refractivity contribution in [2.75, 3.05) is 26.8 Å². The Morgan fingerprint density at radius 2 is 2.17 bits per heavy atom. The molecular formula is C15H16ClN3O3S. The predicted molar refractivity (Wildman–Crippen MR) is 89.8 cm³/mol. The summed E-state index contributed by atoms with van der Waals surface area (Å²) in [4.78, 5) is 27.8. The van der Waals surface area contributed by atoms with E-state index in [4.69, 9.17) is 16.3 Å². The van der Waals surface area contributed by atoms with Crippen molar-refractivity contribution in [3.05, 3.63) is 40.4 Å². The lowest BCUT2D eigenvalue weighted by atomic mass is 10.2. The average molecular weight is 354 g/mol. The molecule has 122 valence electrons. The van der Waals surface area contributed by atoms with Gasteiger partial charge < -0.3 is 15.4 Å². The predicted octanol–water partition coefficient (Wildman–Crippen LogP) is 1.96. The fraction of sp³-hybridized carbons (Fsp3) is 0.267. The molecule has 0 fully saturated rings. The zero-order valence-electron chi connectivity index (χ0n) is 12.5. The molecule has 0 bridgehead atoms. The minimum absolute atomic E-state index is 0.105. The van der Waals surface area contributed by atoms with Crippen LogP contribution in [-0.4, -0.2) is 43.6 Å². The number of amides is 2. The first-order chi connectivity index (χ1) is 11.1. The van der Waals surface area contributed by atoms with Crippen LogP contribution in [0.2, 0.25) is 5.02 Å². The van der Waals surface area contributed by atoms with Gasteiger partial charge in [0.1, 0.15) is 10.7 Å². The summed E-state index contributed by atoms with van der Waals surface area (Å²) in [6.45, 7) is 0.724. The summed E-state index contributed by atoms with van der Waals surface area (Å²) in [5, 5.41) is 8.10. The third kappa shape index (κ3) is 5.31. The molecule has 0 aliphatic heterocycles. The first-order valence-electron chi connectivity index (χ1n) is 6.85. The van der Waals surface area contributed by atoms with Gasteiger partial charge in [-0.15, -0.1) is 11.3 Å². The number of hydrogen-bond acceptors (Lipinski definition) is 5. The maximum Gasteiger partial charge on any atom is 0.271 e. The number of benzene rings is 1. The molecule has 23 heavy (non-hydrogen) atoms. The smallest absolute Gasteiger partial charge is 0.271 e. The Labute approximate surface area is 142 Å². The summed E-state index contributed by atoms with van der Waals surface area (Å²) in [5.74, 6) is -0.669. The number of aromatic nitrogens is 1. The first kappa shape index (κ1) is 17.4. The molecule has 1 aromatic carbocycles. The number of nitrogens with zero attached hydrogens (tertiary/aromatic N) is 1. The number of thiazole rings is 1. The number of nitrogens with one attached hydrogen (secondary N) is 2. The highest BCUT2D eigenvalue weighted by atomic mass is 35.5. The second-order valence-corrected chi connectivity index (χ2v) is 5.87. The van der Waals surface area contributed by atoms with Gasteiger partial charge in [-0.2, -0.15) is 0 Å². The number of ether oxygens (including phenoxy) is 1. The summed E-state index contributed by atoms with van der Waals surface area (Å²) in [6, 6.07) is 7.25. The van der Waals surface area contributed by atoms with Crippen LogP contribution >= 0.6 is 22.9 Å². The molecule has 0 unspecified atom stereocenters. The van der Waals surface area contributed by atoms with Gasteiger partial charge in [0.05, 0.1) is 13.2 Å². The van der Waals surface area contributed by atoms with Crippen molar-refractivity contribution in [1.29, 1.82) is 0 Å². The summed E-state index contributed by atoms with van der Waals surface area (Å²) in [7, 11) is 1.55. The highest BCUT2D eigenvalue weighted by Crippen LogP contribution is 2.25. The van der Waals surface area contributed by atoms with Crippen LogP contribution < -0.4 is 10.6 Å². The van der Waals surface area contributed by atoms with Gasteiger partial charge in [-0.3, -0.25) is 9.59 Å². The van der Waals surface area contributed by atoms with Crippen LogP contribution in [0.1, 0.15) is 10.5 Å².